The Labute approximate surface area is 123 Å². The summed E-state index contributed by atoms with van der Waals surface area (Å²) in [6.45, 7) is 8.26. The van der Waals surface area contributed by atoms with Gasteiger partial charge in [-0.05, 0) is 37.7 Å². The van der Waals surface area contributed by atoms with Crippen molar-refractivity contribution in [1.29, 1.82) is 0 Å². The molecule has 0 amide bonds. The van der Waals surface area contributed by atoms with E-state index in [0.29, 0.717) is 6.04 Å². The van der Waals surface area contributed by atoms with Crippen molar-refractivity contribution in [2.45, 2.75) is 51.1 Å². The van der Waals surface area contributed by atoms with E-state index in [1.807, 2.05) is 0 Å². The molecule has 1 heterocycles. The highest BCUT2D eigenvalue weighted by Crippen LogP contribution is 2.32. The zero-order valence-corrected chi connectivity index (χ0v) is 12.9. The standard InChI is InChI=1S/C18H28N2/c1-3-17-12-19-18(2,16-10-5-4-6-11-16)14-20(17)13-15-8-7-9-15/h4-6,10-11,15,17,19H,3,7-9,12-14H2,1-2H3. The normalized spacial score (nSPS) is 32.0. The molecular weight excluding hydrogens is 244 g/mol. The average molecular weight is 272 g/mol. The molecule has 1 aromatic rings. The van der Waals surface area contributed by atoms with Crippen molar-refractivity contribution in [3.63, 3.8) is 0 Å². The van der Waals surface area contributed by atoms with Crippen molar-refractivity contribution in [3.8, 4) is 0 Å². The van der Waals surface area contributed by atoms with Gasteiger partial charge in [-0.1, -0.05) is 43.7 Å². The van der Waals surface area contributed by atoms with E-state index in [2.05, 4.69) is 54.4 Å². The number of hydrogen-bond donors (Lipinski definition) is 1. The van der Waals surface area contributed by atoms with E-state index in [9.17, 15) is 0 Å². The number of rotatable bonds is 4. The fourth-order valence-electron chi connectivity index (χ4n) is 3.69. The minimum Gasteiger partial charge on any atom is -0.305 e. The molecule has 1 aromatic carbocycles. The first-order valence-electron chi connectivity index (χ1n) is 8.26. The second-order valence-electron chi connectivity index (χ2n) is 6.87. The van der Waals surface area contributed by atoms with Gasteiger partial charge >= 0.3 is 0 Å². The molecule has 3 rings (SSSR count). The Morgan fingerprint density at radius 1 is 1.25 bits per heavy atom. The van der Waals surface area contributed by atoms with Crippen LogP contribution in [0, 0.1) is 5.92 Å². The lowest BCUT2D eigenvalue weighted by atomic mass is 9.82. The molecule has 0 spiro atoms. The van der Waals surface area contributed by atoms with Gasteiger partial charge in [0.15, 0.2) is 0 Å². The maximum atomic E-state index is 3.81. The van der Waals surface area contributed by atoms with Gasteiger partial charge in [-0.25, -0.2) is 0 Å². The molecule has 1 aliphatic carbocycles. The van der Waals surface area contributed by atoms with Gasteiger partial charge in [-0.15, -0.1) is 0 Å². The lowest BCUT2D eigenvalue weighted by Crippen LogP contribution is -2.61. The van der Waals surface area contributed by atoms with Gasteiger partial charge in [0.1, 0.15) is 0 Å². The van der Waals surface area contributed by atoms with Crippen molar-refractivity contribution in [2.75, 3.05) is 19.6 Å². The van der Waals surface area contributed by atoms with Crippen LogP contribution in [0.5, 0.6) is 0 Å². The predicted molar refractivity (Wildman–Crippen MR) is 84.8 cm³/mol. The van der Waals surface area contributed by atoms with E-state index in [-0.39, 0.29) is 5.54 Å². The molecule has 2 aliphatic rings. The quantitative estimate of drug-likeness (QED) is 0.904. The maximum absolute atomic E-state index is 3.81. The number of benzene rings is 1. The van der Waals surface area contributed by atoms with Gasteiger partial charge in [-0.3, -0.25) is 4.90 Å². The Kier molecular flexibility index (Phi) is 4.13. The number of piperazine rings is 1. The molecule has 2 fully saturated rings. The van der Waals surface area contributed by atoms with Crippen LogP contribution in [-0.4, -0.2) is 30.6 Å². The second-order valence-corrected chi connectivity index (χ2v) is 6.87. The zero-order valence-electron chi connectivity index (χ0n) is 12.9. The highest BCUT2D eigenvalue weighted by molar-refractivity contribution is 5.25. The molecule has 1 aliphatic heterocycles. The van der Waals surface area contributed by atoms with Crippen molar-refractivity contribution in [3.05, 3.63) is 35.9 Å². The molecule has 110 valence electrons. The second kappa shape index (κ2) is 5.87. The molecular formula is C18H28N2. The summed E-state index contributed by atoms with van der Waals surface area (Å²) in [6.07, 6.45) is 5.60. The van der Waals surface area contributed by atoms with Gasteiger partial charge < -0.3 is 5.32 Å². The Balaban J connectivity index is 1.74. The number of nitrogens with zero attached hydrogens (tertiary/aromatic N) is 1. The topological polar surface area (TPSA) is 15.3 Å². The van der Waals surface area contributed by atoms with Crippen LogP contribution >= 0.6 is 0 Å². The first kappa shape index (κ1) is 14.1. The van der Waals surface area contributed by atoms with E-state index < -0.39 is 0 Å². The molecule has 1 saturated carbocycles. The summed E-state index contributed by atoms with van der Waals surface area (Å²) in [6, 6.07) is 11.7. The van der Waals surface area contributed by atoms with Crippen LogP contribution in [0.3, 0.4) is 0 Å². The molecule has 20 heavy (non-hydrogen) atoms. The van der Waals surface area contributed by atoms with Crippen LogP contribution in [0.25, 0.3) is 0 Å². The SMILES string of the molecule is CCC1CNC(C)(c2ccccc2)CN1CC1CCC1. The fraction of sp³-hybridized carbons (Fsp3) is 0.667. The van der Waals surface area contributed by atoms with Gasteiger partial charge in [0.2, 0.25) is 0 Å². The maximum Gasteiger partial charge on any atom is 0.0535 e. The van der Waals surface area contributed by atoms with Crippen molar-refractivity contribution in [2.24, 2.45) is 5.92 Å². The largest absolute Gasteiger partial charge is 0.305 e. The summed E-state index contributed by atoms with van der Waals surface area (Å²) in [5.74, 6) is 0.960. The molecule has 0 radical (unpaired) electrons. The molecule has 0 bridgehead atoms. The highest BCUT2D eigenvalue weighted by Gasteiger charge is 2.37. The first-order chi connectivity index (χ1) is 9.71. The van der Waals surface area contributed by atoms with Gasteiger partial charge in [-0.2, -0.15) is 0 Å². The lowest BCUT2D eigenvalue weighted by Gasteiger charge is -2.48. The fourth-order valence-corrected chi connectivity index (χ4v) is 3.69. The average Bonchev–Trinajstić information content (AvgIpc) is 2.44. The molecule has 2 atom stereocenters. The molecule has 2 unspecified atom stereocenters. The summed E-state index contributed by atoms with van der Waals surface area (Å²) in [7, 11) is 0. The summed E-state index contributed by atoms with van der Waals surface area (Å²) in [5, 5.41) is 3.81. The lowest BCUT2D eigenvalue weighted by molar-refractivity contribution is 0.0541. The van der Waals surface area contributed by atoms with E-state index >= 15 is 0 Å². The van der Waals surface area contributed by atoms with Gasteiger partial charge in [0, 0.05) is 25.7 Å². The highest BCUT2D eigenvalue weighted by atomic mass is 15.3. The zero-order chi connectivity index (χ0) is 14.0. The molecule has 1 N–H and O–H groups in total. The third-order valence-electron chi connectivity index (χ3n) is 5.36. The van der Waals surface area contributed by atoms with E-state index in [1.165, 1.54) is 37.8 Å². The first-order valence-corrected chi connectivity index (χ1v) is 8.26. The Morgan fingerprint density at radius 2 is 2.00 bits per heavy atom. The molecule has 0 aromatic heterocycles. The predicted octanol–water partition coefficient (Wildman–Crippen LogP) is 3.39. The smallest absolute Gasteiger partial charge is 0.0535 e. The molecule has 2 nitrogen and oxygen atoms in total. The van der Waals surface area contributed by atoms with E-state index in [1.54, 1.807) is 0 Å². The monoisotopic (exact) mass is 272 g/mol. The van der Waals surface area contributed by atoms with Crippen LogP contribution < -0.4 is 5.32 Å². The molecule has 2 heteroatoms. The van der Waals surface area contributed by atoms with Crippen LogP contribution in [-0.2, 0) is 5.54 Å². The van der Waals surface area contributed by atoms with Crippen LogP contribution in [0.4, 0.5) is 0 Å². The Bertz CT molecular complexity index is 426. The third-order valence-corrected chi connectivity index (χ3v) is 5.36. The van der Waals surface area contributed by atoms with Crippen LogP contribution in [0.1, 0.15) is 45.1 Å². The third kappa shape index (κ3) is 2.77. The van der Waals surface area contributed by atoms with Crippen molar-refractivity contribution in [1.82, 2.24) is 10.2 Å². The summed E-state index contributed by atoms with van der Waals surface area (Å²) in [4.78, 5) is 2.76. The van der Waals surface area contributed by atoms with Gasteiger partial charge in [0.05, 0.1) is 5.54 Å². The van der Waals surface area contributed by atoms with Gasteiger partial charge in [0.25, 0.3) is 0 Å². The van der Waals surface area contributed by atoms with E-state index in [4.69, 9.17) is 0 Å². The number of hydrogen-bond acceptors (Lipinski definition) is 2. The minimum atomic E-state index is 0.108. The summed E-state index contributed by atoms with van der Waals surface area (Å²) in [5.41, 5.74) is 1.53. The van der Waals surface area contributed by atoms with Crippen LogP contribution in [0.2, 0.25) is 0 Å². The summed E-state index contributed by atoms with van der Waals surface area (Å²) >= 11 is 0. The van der Waals surface area contributed by atoms with Crippen molar-refractivity contribution < 1.29 is 0 Å². The number of nitrogens with one attached hydrogen (secondary N) is 1. The van der Waals surface area contributed by atoms with Crippen molar-refractivity contribution >= 4 is 0 Å². The summed E-state index contributed by atoms with van der Waals surface area (Å²) < 4.78 is 0. The van der Waals surface area contributed by atoms with E-state index in [0.717, 1.165) is 19.0 Å². The van der Waals surface area contributed by atoms with Crippen LogP contribution in [0.15, 0.2) is 30.3 Å². The Morgan fingerprint density at radius 3 is 2.60 bits per heavy atom. The minimum absolute atomic E-state index is 0.108. The Hall–Kier alpha value is -0.860. The molecule has 1 saturated heterocycles.